The lowest BCUT2D eigenvalue weighted by molar-refractivity contribution is 0.0443. The number of ether oxygens (including phenoxy) is 2. The molecule has 0 unspecified atom stereocenters. The number of carbonyl (C=O) groups excluding carboxylic acids is 1. The van der Waals surface area contributed by atoms with Crippen molar-refractivity contribution in [2.24, 2.45) is 0 Å². The van der Waals surface area contributed by atoms with Crippen LogP contribution >= 0.6 is 0 Å². The van der Waals surface area contributed by atoms with E-state index in [0.717, 1.165) is 31.6 Å². The van der Waals surface area contributed by atoms with Gasteiger partial charge in [-0.1, -0.05) is 18.2 Å². The number of rotatable bonds is 4. The summed E-state index contributed by atoms with van der Waals surface area (Å²) in [5.41, 5.74) is 1.69. The number of esters is 1. The summed E-state index contributed by atoms with van der Waals surface area (Å²) in [4.78, 5) is 11.7. The predicted molar refractivity (Wildman–Crippen MR) is 73.1 cm³/mol. The fourth-order valence-electron chi connectivity index (χ4n) is 2.29. The molecule has 1 aliphatic rings. The molecule has 4 heteroatoms. The van der Waals surface area contributed by atoms with Crippen molar-refractivity contribution in [2.45, 2.75) is 31.8 Å². The van der Waals surface area contributed by atoms with Crippen LogP contribution in [0.2, 0.25) is 0 Å². The summed E-state index contributed by atoms with van der Waals surface area (Å²) < 4.78 is 10.2. The van der Waals surface area contributed by atoms with Crippen LogP contribution in [0.5, 0.6) is 0 Å². The highest BCUT2D eigenvalue weighted by molar-refractivity contribution is 5.90. The Hall–Kier alpha value is -1.39. The maximum atomic E-state index is 11.7. The summed E-state index contributed by atoms with van der Waals surface area (Å²) in [5, 5.41) is 3.55. The van der Waals surface area contributed by atoms with Gasteiger partial charge in [0.15, 0.2) is 0 Å². The van der Waals surface area contributed by atoms with Crippen LogP contribution in [0, 0.1) is 0 Å². The second kappa shape index (κ2) is 6.17. The lowest BCUT2D eigenvalue weighted by Crippen LogP contribution is -2.46. The predicted octanol–water partition coefficient (Wildman–Crippen LogP) is 2.13. The third kappa shape index (κ3) is 3.55. The molecule has 0 atom stereocenters. The van der Waals surface area contributed by atoms with E-state index in [0.29, 0.717) is 12.1 Å². The Kier molecular flexibility index (Phi) is 4.56. The lowest BCUT2D eigenvalue weighted by atomic mass is 9.92. The molecule has 0 saturated carbocycles. The van der Waals surface area contributed by atoms with Gasteiger partial charge in [0.25, 0.3) is 0 Å². The van der Waals surface area contributed by atoms with E-state index in [4.69, 9.17) is 9.47 Å². The van der Waals surface area contributed by atoms with Gasteiger partial charge in [-0.2, -0.15) is 0 Å². The van der Waals surface area contributed by atoms with Gasteiger partial charge in [-0.3, -0.25) is 0 Å². The van der Waals surface area contributed by atoms with Crippen molar-refractivity contribution in [1.82, 2.24) is 5.32 Å². The standard InChI is InChI=1S/C15H21NO3/c1-15(7-9-19-10-8-15)16-11-12-5-3-4-6-13(12)14(17)18-2/h3-6,16H,7-11H2,1-2H3. The Bertz CT molecular complexity index is 439. The van der Waals surface area contributed by atoms with Crippen molar-refractivity contribution in [3.8, 4) is 0 Å². The normalized spacial score (nSPS) is 18.0. The van der Waals surface area contributed by atoms with E-state index < -0.39 is 0 Å². The van der Waals surface area contributed by atoms with Crippen LogP contribution in [0.25, 0.3) is 0 Å². The highest BCUT2D eigenvalue weighted by Crippen LogP contribution is 2.21. The van der Waals surface area contributed by atoms with Crippen molar-refractivity contribution in [3.63, 3.8) is 0 Å². The molecule has 1 heterocycles. The molecule has 1 N–H and O–H groups in total. The maximum Gasteiger partial charge on any atom is 0.338 e. The molecule has 1 aromatic rings. The molecule has 1 saturated heterocycles. The van der Waals surface area contributed by atoms with E-state index in [1.54, 1.807) is 6.07 Å². The minimum Gasteiger partial charge on any atom is -0.465 e. The van der Waals surface area contributed by atoms with Crippen LogP contribution in [0.15, 0.2) is 24.3 Å². The zero-order valence-electron chi connectivity index (χ0n) is 11.6. The second-order valence-corrected chi connectivity index (χ2v) is 5.18. The first-order valence-electron chi connectivity index (χ1n) is 6.64. The molecule has 0 radical (unpaired) electrons. The van der Waals surface area contributed by atoms with Crippen molar-refractivity contribution in [3.05, 3.63) is 35.4 Å². The van der Waals surface area contributed by atoms with Gasteiger partial charge >= 0.3 is 5.97 Å². The van der Waals surface area contributed by atoms with Crippen LogP contribution in [0.4, 0.5) is 0 Å². The minimum absolute atomic E-state index is 0.0848. The summed E-state index contributed by atoms with van der Waals surface area (Å²) in [6.45, 7) is 4.46. The summed E-state index contributed by atoms with van der Waals surface area (Å²) >= 11 is 0. The molecule has 19 heavy (non-hydrogen) atoms. The number of methoxy groups -OCH3 is 1. The molecule has 104 valence electrons. The second-order valence-electron chi connectivity index (χ2n) is 5.18. The topological polar surface area (TPSA) is 47.6 Å². The molecule has 0 amide bonds. The fraction of sp³-hybridized carbons (Fsp3) is 0.533. The highest BCUT2D eigenvalue weighted by atomic mass is 16.5. The summed E-state index contributed by atoms with van der Waals surface area (Å²) in [7, 11) is 1.41. The summed E-state index contributed by atoms with van der Waals surface area (Å²) in [5.74, 6) is -0.283. The van der Waals surface area contributed by atoms with Crippen LogP contribution < -0.4 is 5.32 Å². The quantitative estimate of drug-likeness (QED) is 0.845. The van der Waals surface area contributed by atoms with E-state index in [2.05, 4.69) is 12.2 Å². The maximum absolute atomic E-state index is 11.7. The molecule has 1 aliphatic heterocycles. The Morgan fingerprint density at radius 2 is 2.05 bits per heavy atom. The van der Waals surface area contributed by atoms with Gasteiger partial charge in [-0.25, -0.2) is 4.79 Å². The van der Waals surface area contributed by atoms with Crippen LogP contribution in [-0.4, -0.2) is 31.8 Å². The summed E-state index contributed by atoms with van der Waals surface area (Å²) in [6.07, 6.45) is 1.99. The van der Waals surface area contributed by atoms with Gasteiger partial charge in [0, 0.05) is 25.3 Å². The van der Waals surface area contributed by atoms with Gasteiger partial charge in [0.05, 0.1) is 12.7 Å². The largest absolute Gasteiger partial charge is 0.465 e. The Morgan fingerprint density at radius 1 is 1.37 bits per heavy atom. The number of nitrogens with one attached hydrogen (secondary N) is 1. The molecular weight excluding hydrogens is 242 g/mol. The smallest absolute Gasteiger partial charge is 0.338 e. The Balaban J connectivity index is 2.04. The van der Waals surface area contributed by atoms with Crippen LogP contribution in [0.1, 0.15) is 35.7 Å². The number of hydrogen-bond acceptors (Lipinski definition) is 4. The lowest BCUT2D eigenvalue weighted by Gasteiger charge is -2.34. The highest BCUT2D eigenvalue weighted by Gasteiger charge is 2.26. The Morgan fingerprint density at radius 3 is 2.74 bits per heavy atom. The van der Waals surface area contributed by atoms with Gasteiger partial charge in [0.1, 0.15) is 0 Å². The van der Waals surface area contributed by atoms with Gasteiger partial charge in [0.2, 0.25) is 0 Å². The van der Waals surface area contributed by atoms with E-state index in [1.165, 1.54) is 7.11 Å². The van der Waals surface area contributed by atoms with Crippen molar-refractivity contribution >= 4 is 5.97 Å². The molecule has 4 nitrogen and oxygen atoms in total. The van der Waals surface area contributed by atoms with E-state index in [-0.39, 0.29) is 11.5 Å². The number of hydrogen-bond donors (Lipinski definition) is 1. The van der Waals surface area contributed by atoms with Crippen molar-refractivity contribution in [2.75, 3.05) is 20.3 Å². The van der Waals surface area contributed by atoms with Gasteiger partial charge in [-0.15, -0.1) is 0 Å². The molecule has 2 rings (SSSR count). The average Bonchev–Trinajstić information content (AvgIpc) is 2.45. The molecule has 0 spiro atoms. The molecule has 0 aromatic heterocycles. The third-order valence-corrected chi connectivity index (χ3v) is 3.72. The van der Waals surface area contributed by atoms with Crippen LogP contribution in [0.3, 0.4) is 0 Å². The van der Waals surface area contributed by atoms with Gasteiger partial charge in [-0.05, 0) is 31.4 Å². The SMILES string of the molecule is COC(=O)c1ccccc1CNC1(C)CCOCC1. The van der Waals surface area contributed by atoms with E-state index in [1.807, 2.05) is 18.2 Å². The number of benzene rings is 1. The third-order valence-electron chi connectivity index (χ3n) is 3.72. The average molecular weight is 263 g/mol. The van der Waals surface area contributed by atoms with Crippen molar-refractivity contribution < 1.29 is 14.3 Å². The summed E-state index contributed by atoms with van der Waals surface area (Å²) in [6, 6.07) is 7.55. The Labute approximate surface area is 114 Å². The molecule has 0 bridgehead atoms. The first-order valence-corrected chi connectivity index (χ1v) is 6.64. The zero-order chi connectivity index (χ0) is 13.7. The van der Waals surface area contributed by atoms with Gasteiger partial charge < -0.3 is 14.8 Å². The molecule has 1 fully saturated rings. The first-order chi connectivity index (χ1) is 9.14. The first kappa shape index (κ1) is 14.0. The van der Waals surface area contributed by atoms with Crippen LogP contribution in [-0.2, 0) is 16.0 Å². The molecule has 1 aromatic carbocycles. The molecule has 0 aliphatic carbocycles. The van der Waals surface area contributed by atoms with E-state index in [9.17, 15) is 4.79 Å². The van der Waals surface area contributed by atoms with E-state index >= 15 is 0 Å². The number of carbonyl (C=O) groups is 1. The monoisotopic (exact) mass is 263 g/mol. The minimum atomic E-state index is -0.283. The fourth-order valence-corrected chi connectivity index (χ4v) is 2.29. The zero-order valence-corrected chi connectivity index (χ0v) is 11.6. The molecular formula is C15H21NO3. The van der Waals surface area contributed by atoms with Crippen molar-refractivity contribution in [1.29, 1.82) is 0 Å².